The van der Waals surface area contributed by atoms with Crippen LogP contribution in [-0.4, -0.2) is 30.6 Å². The molecule has 0 aliphatic carbocycles. The normalized spacial score (nSPS) is 28.9. The lowest BCUT2D eigenvalue weighted by Crippen LogP contribution is -2.55. The second-order valence-corrected chi connectivity index (χ2v) is 6.26. The van der Waals surface area contributed by atoms with Crippen LogP contribution in [0.1, 0.15) is 18.4 Å². The third-order valence-corrected chi connectivity index (χ3v) is 5.09. The maximum atomic E-state index is 3.82. The summed E-state index contributed by atoms with van der Waals surface area (Å²) in [5, 5.41) is 6.56. The highest BCUT2D eigenvalue weighted by Gasteiger charge is 2.33. The van der Waals surface area contributed by atoms with E-state index in [1.165, 1.54) is 48.8 Å². The van der Waals surface area contributed by atoms with Crippen molar-refractivity contribution in [3.63, 3.8) is 0 Å². The van der Waals surface area contributed by atoms with Gasteiger partial charge in [-0.15, -0.1) is 0 Å². The molecule has 3 aliphatic heterocycles. The molecule has 3 heterocycles. The minimum absolute atomic E-state index is 0.691. The van der Waals surface area contributed by atoms with E-state index in [1.807, 2.05) is 0 Å². The van der Waals surface area contributed by atoms with Gasteiger partial charge in [0.25, 0.3) is 0 Å². The molecule has 3 fully saturated rings. The lowest BCUT2D eigenvalue weighted by atomic mass is 9.84. The number of nitrogens with one attached hydrogen (secondary N) is 1. The van der Waals surface area contributed by atoms with Crippen molar-refractivity contribution >= 4 is 10.8 Å². The molecule has 2 aromatic carbocycles. The molecule has 0 spiro atoms. The van der Waals surface area contributed by atoms with Gasteiger partial charge in [-0.1, -0.05) is 42.5 Å². The Kier molecular flexibility index (Phi) is 3.21. The van der Waals surface area contributed by atoms with Crippen molar-refractivity contribution in [1.29, 1.82) is 0 Å². The number of benzene rings is 2. The second-order valence-electron chi connectivity index (χ2n) is 6.26. The summed E-state index contributed by atoms with van der Waals surface area (Å²) in [5.41, 5.74) is 1.43. The second kappa shape index (κ2) is 5.19. The van der Waals surface area contributed by atoms with Crippen molar-refractivity contribution in [3.8, 4) is 0 Å². The van der Waals surface area contributed by atoms with E-state index in [0.29, 0.717) is 6.04 Å². The smallest absolute Gasteiger partial charge is 0.0227 e. The molecule has 0 amide bonds. The minimum atomic E-state index is 0.691. The van der Waals surface area contributed by atoms with Gasteiger partial charge in [-0.25, -0.2) is 0 Å². The molecule has 2 nitrogen and oxygen atoms in total. The molecule has 3 aliphatic rings. The molecule has 1 N–H and O–H groups in total. The molecule has 0 saturated carbocycles. The van der Waals surface area contributed by atoms with Crippen LogP contribution in [0.4, 0.5) is 0 Å². The van der Waals surface area contributed by atoms with E-state index in [4.69, 9.17) is 0 Å². The van der Waals surface area contributed by atoms with Crippen LogP contribution in [0.25, 0.3) is 10.8 Å². The molecule has 2 bridgehead atoms. The number of hydrogen-bond acceptors (Lipinski definition) is 2. The SMILES string of the molecule is c1ccc2c(CN[C@@H]3CN4CCC3CC4)cccc2c1. The van der Waals surface area contributed by atoms with E-state index in [9.17, 15) is 0 Å². The Morgan fingerprint density at radius 3 is 2.60 bits per heavy atom. The zero-order valence-corrected chi connectivity index (χ0v) is 11.9. The predicted octanol–water partition coefficient (Wildman–Crippen LogP) is 3.02. The van der Waals surface area contributed by atoms with Gasteiger partial charge in [0, 0.05) is 19.1 Å². The Balaban J connectivity index is 1.51. The van der Waals surface area contributed by atoms with E-state index in [1.54, 1.807) is 0 Å². The van der Waals surface area contributed by atoms with Crippen LogP contribution in [0.5, 0.6) is 0 Å². The zero-order valence-electron chi connectivity index (χ0n) is 11.9. The molecule has 3 saturated heterocycles. The Bertz CT molecular complexity index is 594. The Labute approximate surface area is 120 Å². The highest BCUT2D eigenvalue weighted by atomic mass is 15.2. The minimum Gasteiger partial charge on any atom is -0.308 e. The van der Waals surface area contributed by atoms with Gasteiger partial charge in [-0.3, -0.25) is 0 Å². The van der Waals surface area contributed by atoms with Crippen LogP contribution >= 0.6 is 0 Å². The number of hydrogen-bond donors (Lipinski definition) is 1. The third kappa shape index (κ3) is 2.23. The van der Waals surface area contributed by atoms with E-state index in [2.05, 4.69) is 52.7 Å². The summed E-state index contributed by atoms with van der Waals surface area (Å²) >= 11 is 0. The number of nitrogens with zero attached hydrogens (tertiary/aromatic N) is 1. The Morgan fingerprint density at radius 1 is 1.00 bits per heavy atom. The molecule has 0 radical (unpaired) electrons. The number of fused-ring (bicyclic) bond motifs is 4. The maximum Gasteiger partial charge on any atom is 0.0227 e. The standard InChI is InChI=1S/C18H22N2/c1-2-7-17-14(4-1)5-3-6-16(17)12-19-18-13-20-10-8-15(18)9-11-20/h1-7,15,18-19H,8-13H2/t18-/m1/s1. The van der Waals surface area contributed by atoms with E-state index < -0.39 is 0 Å². The van der Waals surface area contributed by atoms with Crippen molar-refractivity contribution in [2.75, 3.05) is 19.6 Å². The van der Waals surface area contributed by atoms with Gasteiger partial charge in [0.1, 0.15) is 0 Å². The zero-order chi connectivity index (χ0) is 13.4. The summed E-state index contributed by atoms with van der Waals surface area (Å²) in [5.74, 6) is 0.898. The Morgan fingerprint density at radius 2 is 1.80 bits per heavy atom. The maximum absolute atomic E-state index is 3.82. The van der Waals surface area contributed by atoms with E-state index in [-0.39, 0.29) is 0 Å². The lowest BCUT2D eigenvalue weighted by Gasteiger charge is -2.45. The van der Waals surface area contributed by atoms with E-state index >= 15 is 0 Å². The van der Waals surface area contributed by atoms with Crippen molar-refractivity contribution < 1.29 is 0 Å². The summed E-state index contributed by atoms with van der Waals surface area (Å²) < 4.78 is 0. The average molecular weight is 266 g/mol. The fourth-order valence-corrected chi connectivity index (χ4v) is 3.88. The first-order chi connectivity index (χ1) is 9.90. The lowest BCUT2D eigenvalue weighted by molar-refractivity contribution is 0.0720. The molecule has 2 heteroatoms. The van der Waals surface area contributed by atoms with Crippen LogP contribution in [0.3, 0.4) is 0 Å². The summed E-state index contributed by atoms with van der Waals surface area (Å²) in [6.07, 6.45) is 2.76. The van der Waals surface area contributed by atoms with Crippen LogP contribution in [0.15, 0.2) is 42.5 Å². The van der Waals surface area contributed by atoms with Crippen LogP contribution in [-0.2, 0) is 6.54 Å². The van der Waals surface area contributed by atoms with Gasteiger partial charge >= 0.3 is 0 Å². The highest BCUT2D eigenvalue weighted by Crippen LogP contribution is 2.28. The largest absolute Gasteiger partial charge is 0.308 e. The molecule has 0 aromatic heterocycles. The first-order valence-corrected chi connectivity index (χ1v) is 7.82. The molecule has 5 rings (SSSR count). The van der Waals surface area contributed by atoms with Gasteiger partial charge in [-0.2, -0.15) is 0 Å². The third-order valence-electron chi connectivity index (χ3n) is 5.09. The van der Waals surface area contributed by atoms with Crippen molar-refractivity contribution in [1.82, 2.24) is 10.2 Å². The summed E-state index contributed by atoms with van der Waals surface area (Å²) in [6.45, 7) is 4.88. The molecule has 0 unspecified atom stereocenters. The highest BCUT2D eigenvalue weighted by molar-refractivity contribution is 5.85. The number of rotatable bonds is 3. The van der Waals surface area contributed by atoms with Crippen LogP contribution < -0.4 is 5.32 Å². The fraction of sp³-hybridized carbons (Fsp3) is 0.444. The van der Waals surface area contributed by atoms with Gasteiger partial charge < -0.3 is 10.2 Å². The van der Waals surface area contributed by atoms with Gasteiger partial charge in [-0.05, 0) is 48.2 Å². The quantitative estimate of drug-likeness (QED) is 0.918. The molecular formula is C18H22N2. The van der Waals surface area contributed by atoms with Crippen molar-refractivity contribution in [2.24, 2.45) is 5.92 Å². The van der Waals surface area contributed by atoms with Crippen molar-refractivity contribution in [3.05, 3.63) is 48.0 Å². The van der Waals surface area contributed by atoms with Crippen LogP contribution in [0.2, 0.25) is 0 Å². The monoisotopic (exact) mass is 266 g/mol. The average Bonchev–Trinajstić information content (AvgIpc) is 2.54. The van der Waals surface area contributed by atoms with Gasteiger partial charge in [0.05, 0.1) is 0 Å². The van der Waals surface area contributed by atoms with Crippen LogP contribution in [0, 0.1) is 5.92 Å². The first kappa shape index (κ1) is 12.4. The summed E-state index contributed by atoms with van der Waals surface area (Å²) in [4.78, 5) is 2.61. The summed E-state index contributed by atoms with van der Waals surface area (Å²) in [7, 11) is 0. The first-order valence-electron chi connectivity index (χ1n) is 7.82. The molecule has 104 valence electrons. The van der Waals surface area contributed by atoms with E-state index in [0.717, 1.165) is 12.5 Å². The summed E-state index contributed by atoms with van der Waals surface area (Å²) in [6, 6.07) is 16.0. The fourth-order valence-electron chi connectivity index (χ4n) is 3.88. The number of piperidine rings is 3. The molecule has 2 aromatic rings. The molecular weight excluding hydrogens is 244 g/mol. The van der Waals surface area contributed by atoms with Gasteiger partial charge in [0.15, 0.2) is 0 Å². The van der Waals surface area contributed by atoms with Gasteiger partial charge in [0.2, 0.25) is 0 Å². The molecule has 20 heavy (non-hydrogen) atoms. The Hall–Kier alpha value is -1.38. The predicted molar refractivity (Wildman–Crippen MR) is 83.7 cm³/mol. The molecule has 1 atom stereocenters. The van der Waals surface area contributed by atoms with Crippen molar-refractivity contribution in [2.45, 2.75) is 25.4 Å². The topological polar surface area (TPSA) is 15.3 Å².